The fourth-order valence-corrected chi connectivity index (χ4v) is 4.85. The fraction of sp³-hybridized carbons (Fsp3) is 0.444. The van der Waals surface area contributed by atoms with Crippen LogP contribution < -0.4 is 14.9 Å². The lowest BCUT2D eigenvalue weighted by molar-refractivity contribution is -0.348. The smallest absolute Gasteiger partial charge is 0.239 e. The van der Waals surface area contributed by atoms with Crippen LogP contribution in [0.25, 0.3) is 22.3 Å². The first-order chi connectivity index (χ1) is 20.4. The van der Waals surface area contributed by atoms with E-state index in [0.717, 1.165) is 12.1 Å². The minimum atomic E-state index is -1.89. The van der Waals surface area contributed by atoms with Crippen LogP contribution in [0.2, 0.25) is 0 Å². The molecule has 9 N–H and O–H groups in total. The SMILES string of the molecule is COc1cc(-c2oc3cc(O)cc(O)c3c(=O)c2O[C@@H]2OC[C@H](O)[C@H](O)[C@H]2O[C@@H]2O[C@H](CO)[C@@H](O)[C@H](O)[C@H]2O)ccc1O. The third kappa shape index (κ3) is 5.67. The molecule has 3 heterocycles. The number of rotatable bonds is 7. The van der Waals surface area contributed by atoms with E-state index in [4.69, 9.17) is 28.1 Å². The Morgan fingerprint density at radius 1 is 0.907 bits per heavy atom. The van der Waals surface area contributed by atoms with E-state index in [1.54, 1.807) is 0 Å². The Bertz CT molecular complexity index is 1520. The molecule has 1 aromatic heterocycles. The van der Waals surface area contributed by atoms with Crippen LogP contribution in [-0.4, -0.2) is 122 Å². The van der Waals surface area contributed by atoms with E-state index in [0.29, 0.717) is 0 Å². The highest BCUT2D eigenvalue weighted by atomic mass is 16.8. The van der Waals surface area contributed by atoms with Crippen molar-refractivity contribution in [3.63, 3.8) is 0 Å². The van der Waals surface area contributed by atoms with Gasteiger partial charge in [0.2, 0.25) is 17.5 Å². The van der Waals surface area contributed by atoms with Gasteiger partial charge in [-0.05, 0) is 18.2 Å². The molecule has 2 saturated heterocycles. The summed E-state index contributed by atoms with van der Waals surface area (Å²) >= 11 is 0. The number of hydrogen-bond acceptors (Lipinski definition) is 16. The van der Waals surface area contributed by atoms with Gasteiger partial charge in [-0.2, -0.15) is 0 Å². The number of aromatic hydroxyl groups is 3. The molecule has 43 heavy (non-hydrogen) atoms. The summed E-state index contributed by atoms with van der Waals surface area (Å²) in [6.45, 7) is -1.28. The average molecular weight is 611 g/mol. The van der Waals surface area contributed by atoms with E-state index in [-0.39, 0.29) is 28.4 Å². The number of benzene rings is 2. The van der Waals surface area contributed by atoms with E-state index >= 15 is 0 Å². The van der Waals surface area contributed by atoms with Crippen molar-refractivity contribution in [3.8, 4) is 40.1 Å². The number of phenols is 3. The number of aliphatic hydroxyl groups excluding tert-OH is 6. The molecular formula is C27H30O16. The monoisotopic (exact) mass is 610 g/mol. The normalized spacial score (nSPS) is 31.2. The summed E-state index contributed by atoms with van der Waals surface area (Å²) in [6.07, 6.45) is -15.3. The van der Waals surface area contributed by atoms with Crippen LogP contribution in [0.1, 0.15) is 0 Å². The Morgan fingerprint density at radius 2 is 1.65 bits per heavy atom. The zero-order valence-corrected chi connectivity index (χ0v) is 22.4. The molecule has 0 bridgehead atoms. The van der Waals surface area contributed by atoms with Crippen LogP contribution in [0.4, 0.5) is 0 Å². The summed E-state index contributed by atoms with van der Waals surface area (Å²) in [4.78, 5) is 13.7. The Kier molecular flexibility index (Phi) is 8.66. The molecule has 0 spiro atoms. The van der Waals surface area contributed by atoms with E-state index in [1.165, 1.54) is 25.3 Å². The van der Waals surface area contributed by atoms with Gasteiger partial charge in [0.05, 0.1) is 20.3 Å². The largest absolute Gasteiger partial charge is 0.508 e. The Hall–Kier alpha value is -3.71. The van der Waals surface area contributed by atoms with Crippen LogP contribution >= 0.6 is 0 Å². The quantitative estimate of drug-likeness (QED) is 0.143. The van der Waals surface area contributed by atoms with Gasteiger partial charge >= 0.3 is 0 Å². The Balaban J connectivity index is 1.59. The molecule has 2 aliphatic rings. The molecule has 16 nitrogen and oxygen atoms in total. The van der Waals surface area contributed by atoms with Gasteiger partial charge < -0.3 is 74.1 Å². The lowest BCUT2D eigenvalue weighted by Gasteiger charge is -2.44. The predicted molar refractivity (Wildman–Crippen MR) is 140 cm³/mol. The average Bonchev–Trinajstić information content (AvgIpc) is 2.97. The second kappa shape index (κ2) is 12.1. The highest BCUT2D eigenvalue weighted by Crippen LogP contribution is 2.40. The summed E-state index contributed by atoms with van der Waals surface area (Å²) in [6, 6.07) is 5.86. The first-order valence-electron chi connectivity index (χ1n) is 13.0. The van der Waals surface area contributed by atoms with Gasteiger partial charge in [-0.25, -0.2) is 0 Å². The maximum Gasteiger partial charge on any atom is 0.239 e. The van der Waals surface area contributed by atoms with Crippen molar-refractivity contribution in [2.24, 2.45) is 0 Å². The lowest BCUT2D eigenvalue weighted by Crippen LogP contribution is -2.63. The summed E-state index contributed by atoms with van der Waals surface area (Å²) in [5.41, 5.74) is -1.09. The molecule has 3 aromatic rings. The topological polar surface area (TPSA) is 258 Å². The molecule has 2 aromatic carbocycles. The van der Waals surface area contributed by atoms with Crippen LogP contribution in [0.3, 0.4) is 0 Å². The van der Waals surface area contributed by atoms with Crippen LogP contribution in [0, 0.1) is 0 Å². The summed E-state index contributed by atoms with van der Waals surface area (Å²) in [7, 11) is 1.28. The maximum absolute atomic E-state index is 13.7. The van der Waals surface area contributed by atoms with Crippen molar-refractivity contribution >= 4 is 11.0 Å². The molecular weight excluding hydrogens is 580 g/mol. The molecule has 0 radical (unpaired) electrons. The molecule has 2 aliphatic heterocycles. The van der Waals surface area contributed by atoms with Gasteiger partial charge in [-0.3, -0.25) is 4.79 Å². The minimum absolute atomic E-state index is 0.0127. The van der Waals surface area contributed by atoms with Crippen molar-refractivity contribution in [3.05, 3.63) is 40.6 Å². The van der Waals surface area contributed by atoms with Crippen molar-refractivity contribution in [1.29, 1.82) is 0 Å². The van der Waals surface area contributed by atoms with Gasteiger partial charge in [-0.15, -0.1) is 0 Å². The molecule has 9 atom stereocenters. The third-order valence-corrected chi connectivity index (χ3v) is 7.16. The Labute approximate surface area is 241 Å². The number of phenolic OH excluding ortho intramolecular Hbond substituents is 3. The number of hydrogen-bond donors (Lipinski definition) is 9. The van der Waals surface area contributed by atoms with Crippen molar-refractivity contribution < 1.29 is 74.1 Å². The second-order valence-electron chi connectivity index (χ2n) is 9.99. The number of aliphatic hydroxyl groups is 6. The number of methoxy groups -OCH3 is 1. The van der Waals surface area contributed by atoms with E-state index in [1.807, 2.05) is 0 Å². The summed E-state index contributed by atoms with van der Waals surface area (Å²) < 4.78 is 33.4. The van der Waals surface area contributed by atoms with Gasteiger partial charge in [0.1, 0.15) is 59.1 Å². The molecule has 0 saturated carbocycles. The summed E-state index contributed by atoms with van der Waals surface area (Å²) in [5.74, 6) is -2.22. The molecule has 0 unspecified atom stereocenters. The van der Waals surface area contributed by atoms with Crippen LogP contribution in [-0.2, 0) is 14.2 Å². The standard InChI is InChI=1S/C27H30O16/c1-38-14-4-9(2-3-11(14)30)23-24(20(35)17-12(31)5-10(29)6-15(17)40-23)42-27-25(18(33)13(32)8-39-27)43-26-22(37)21(36)19(34)16(7-28)41-26/h2-6,13,16,18-19,21-22,25-34,36-37H,7-8H2,1H3/t13-,16+,18-,19+,21-,22+,25+,26-,27-/m0/s1. The Morgan fingerprint density at radius 3 is 2.35 bits per heavy atom. The van der Waals surface area contributed by atoms with Crippen molar-refractivity contribution in [2.45, 2.75) is 55.3 Å². The van der Waals surface area contributed by atoms with E-state index in [9.17, 15) is 50.8 Å². The third-order valence-electron chi connectivity index (χ3n) is 7.16. The fourth-order valence-electron chi connectivity index (χ4n) is 4.85. The number of fused-ring (bicyclic) bond motifs is 1. The van der Waals surface area contributed by atoms with Crippen molar-refractivity contribution in [2.75, 3.05) is 20.3 Å². The highest BCUT2D eigenvalue weighted by Gasteiger charge is 2.49. The van der Waals surface area contributed by atoms with Crippen molar-refractivity contribution in [1.82, 2.24) is 0 Å². The first-order valence-corrected chi connectivity index (χ1v) is 13.0. The van der Waals surface area contributed by atoms with Gasteiger partial charge in [-0.1, -0.05) is 0 Å². The zero-order valence-electron chi connectivity index (χ0n) is 22.4. The number of ether oxygens (including phenoxy) is 5. The molecule has 5 rings (SSSR count). The second-order valence-corrected chi connectivity index (χ2v) is 9.99. The van der Waals surface area contributed by atoms with Gasteiger partial charge in [0, 0.05) is 17.7 Å². The first kappa shape index (κ1) is 30.7. The maximum atomic E-state index is 13.7. The van der Waals surface area contributed by atoms with Gasteiger partial charge in [0.25, 0.3) is 0 Å². The lowest BCUT2D eigenvalue weighted by atomic mass is 9.99. The highest BCUT2D eigenvalue weighted by molar-refractivity contribution is 5.88. The molecule has 234 valence electrons. The molecule has 2 fully saturated rings. The minimum Gasteiger partial charge on any atom is -0.508 e. The zero-order chi connectivity index (χ0) is 31.2. The molecule has 16 heteroatoms. The predicted octanol–water partition coefficient (Wildman–Crippen LogP) is -1.77. The van der Waals surface area contributed by atoms with Gasteiger partial charge in [0.15, 0.2) is 29.7 Å². The summed E-state index contributed by atoms with van der Waals surface area (Å²) in [5, 5.41) is 91.3. The van der Waals surface area contributed by atoms with E-state index in [2.05, 4.69) is 0 Å². The van der Waals surface area contributed by atoms with Crippen LogP contribution in [0.15, 0.2) is 39.5 Å². The van der Waals surface area contributed by atoms with Crippen LogP contribution in [0.5, 0.6) is 28.7 Å². The molecule has 0 aliphatic carbocycles. The van der Waals surface area contributed by atoms with E-state index < -0.39 is 96.6 Å². The molecule has 0 amide bonds.